The van der Waals surface area contributed by atoms with Gasteiger partial charge in [-0.05, 0) is 25.3 Å². The summed E-state index contributed by atoms with van der Waals surface area (Å²) >= 11 is 0. The van der Waals surface area contributed by atoms with Crippen LogP contribution in [0, 0.1) is 0 Å². The quantitative estimate of drug-likeness (QED) is 0.667. The largest absolute Gasteiger partial charge is 0.307 e. The van der Waals surface area contributed by atoms with Crippen LogP contribution in [-0.2, 0) is 0 Å². The molecule has 1 nitrogen and oxygen atoms in total. The maximum Gasteiger partial charge on any atom is 0.0323 e. The van der Waals surface area contributed by atoms with Gasteiger partial charge in [0.15, 0.2) is 0 Å². The predicted molar refractivity (Wildman–Crippen MR) is 51.0 cm³/mol. The number of benzene rings is 1. The van der Waals surface area contributed by atoms with E-state index in [1.54, 1.807) is 0 Å². The molecular weight excluding hydrogens is 146 g/mol. The summed E-state index contributed by atoms with van der Waals surface area (Å²) in [4.78, 5) is 0. The molecule has 0 aliphatic carbocycles. The van der Waals surface area contributed by atoms with E-state index in [-0.39, 0.29) is 0 Å². The van der Waals surface area contributed by atoms with Gasteiger partial charge in [0.25, 0.3) is 0 Å². The fourth-order valence-corrected chi connectivity index (χ4v) is 1.88. The van der Waals surface area contributed by atoms with Crippen LogP contribution in [0.4, 0.5) is 0 Å². The number of rotatable bonds is 1. The van der Waals surface area contributed by atoms with E-state index in [2.05, 4.69) is 42.6 Å². The molecule has 1 aromatic rings. The lowest BCUT2D eigenvalue weighted by Crippen LogP contribution is -2.20. The van der Waals surface area contributed by atoms with E-state index in [0.717, 1.165) is 0 Å². The summed E-state index contributed by atoms with van der Waals surface area (Å²) in [6.45, 7) is 2.25. The minimum atomic E-state index is 0.598. The molecule has 0 spiro atoms. The Bertz CT molecular complexity index is 242. The SMILES string of the molecule is C[C@H]1CCC(c2ccccc2)N1. The predicted octanol–water partition coefficient (Wildman–Crippen LogP) is 2.50. The van der Waals surface area contributed by atoms with Gasteiger partial charge >= 0.3 is 0 Å². The molecule has 1 heteroatoms. The third-order valence-electron chi connectivity index (χ3n) is 2.58. The van der Waals surface area contributed by atoms with Gasteiger partial charge in [-0.15, -0.1) is 0 Å². The molecule has 1 aliphatic heterocycles. The summed E-state index contributed by atoms with van der Waals surface area (Å²) < 4.78 is 0. The minimum Gasteiger partial charge on any atom is -0.307 e. The van der Waals surface area contributed by atoms with Gasteiger partial charge in [-0.1, -0.05) is 30.3 Å². The molecule has 0 bridgehead atoms. The highest BCUT2D eigenvalue weighted by Gasteiger charge is 2.20. The molecule has 1 aliphatic rings. The molecule has 1 aromatic carbocycles. The standard InChI is InChI=1S/C11H15N/c1-9-7-8-11(12-9)10-5-3-2-4-6-10/h2-6,9,11-12H,7-8H2,1H3/t9-,11?/m0/s1. The van der Waals surface area contributed by atoms with Crippen LogP contribution in [0.5, 0.6) is 0 Å². The van der Waals surface area contributed by atoms with Crippen LogP contribution in [0.2, 0.25) is 0 Å². The second kappa shape index (κ2) is 3.28. The van der Waals surface area contributed by atoms with Crippen LogP contribution in [0.3, 0.4) is 0 Å². The summed E-state index contributed by atoms with van der Waals surface area (Å²) in [6, 6.07) is 12.0. The summed E-state index contributed by atoms with van der Waals surface area (Å²) in [7, 11) is 0. The Balaban J connectivity index is 2.11. The van der Waals surface area contributed by atoms with Gasteiger partial charge in [-0.3, -0.25) is 0 Å². The van der Waals surface area contributed by atoms with E-state index in [0.29, 0.717) is 12.1 Å². The first-order chi connectivity index (χ1) is 5.86. The van der Waals surface area contributed by atoms with Crippen molar-refractivity contribution in [1.29, 1.82) is 0 Å². The van der Waals surface area contributed by atoms with E-state index >= 15 is 0 Å². The Hall–Kier alpha value is -0.820. The Kier molecular flexibility index (Phi) is 2.13. The Labute approximate surface area is 73.8 Å². The highest BCUT2D eigenvalue weighted by Crippen LogP contribution is 2.25. The molecule has 1 heterocycles. The highest BCUT2D eigenvalue weighted by atomic mass is 15.0. The van der Waals surface area contributed by atoms with Gasteiger partial charge in [0.1, 0.15) is 0 Å². The van der Waals surface area contributed by atoms with Crippen molar-refractivity contribution < 1.29 is 0 Å². The monoisotopic (exact) mass is 161 g/mol. The summed E-state index contributed by atoms with van der Waals surface area (Å²) in [5.41, 5.74) is 1.43. The van der Waals surface area contributed by atoms with E-state index < -0.39 is 0 Å². The number of nitrogens with one attached hydrogen (secondary N) is 1. The van der Waals surface area contributed by atoms with Crippen LogP contribution in [0.15, 0.2) is 30.3 Å². The van der Waals surface area contributed by atoms with Gasteiger partial charge in [0, 0.05) is 12.1 Å². The highest BCUT2D eigenvalue weighted by molar-refractivity contribution is 5.19. The first kappa shape index (κ1) is 7.81. The van der Waals surface area contributed by atoms with Crippen LogP contribution >= 0.6 is 0 Å². The summed E-state index contributed by atoms with van der Waals surface area (Å²) in [6.07, 6.45) is 2.59. The first-order valence-electron chi connectivity index (χ1n) is 4.67. The van der Waals surface area contributed by atoms with Crippen molar-refractivity contribution in [2.24, 2.45) is 0 Å². The van der Waals surface area contributed by atoms with Crippen molar-refractivity contribution in [3.63, 3.8) is 0 Å². The zero-order chi connectivity index (χ0) is 8.39. The average Bonchev–Trinajstić information content (AvgIpc) is 2.54. The third-order valence-corrected chi connectivity index (χ3v) is 2.58. The molecule has 1 N–H and O–H groups in total. The molecule has 0 radical (unpaired) electrons. The fourth-order valence-electron chi connectivity index (χ4n) is 1.88. The molecule has 0 amide bonds. The minimum absolute atomic E-state index is 0.598. The van der Waals surface area contributed by atoms with Crippen LogP contribution < -0.4 is 5.32 Å². The zero-order valence-corrected chi connectivity index (χ0v) is 7.46. The molecule has 0 aromatic heterocycles. The van der Waals surface area contributed by atoms with Crippen molar-refractivity contribution in [1.82, 2.24) is 5.32 Å². The second-order valence-corrected chi connectivity index (χ2v) is 3.61. The lowest BCUT2D eigenvalue weighted by molar-refractivity contribution is 0.585. The molecule has 1 fully saturated rings. The molecule has 64 valence electrons. The molecule has 0 saturated carbocycles. The van der Waals surface area contributed by atoms with Crippen LogP contribution in [0.25, 0.3) is 0 Å². The van der Waals surface area contributed by atoms with E-state index in [1.807, 2.05) is 0 Å². The van der Waals surface area contributed by atoms with Crippen molar-refractivity contribution in [2.45, 2.75) is 31.8 Å². The van der Waals surface area contributed by atoms with Gasteiger partial charge in [-0.25, -0.2) is 0 Å². The van der Waals surface area contributed by atoms with Crippen molar-refractivity contribution in [3.8, 4) is 0 Å². The number of hydrogen-bond donors (Lipinski definition) is 1. The molecular formula is C11H15N. The normalized spacial score (nSPS) is 29.1. The lowest BCUT2D eigenvalue weighted by Gasteiger charge is -2.11. The van der Waals surface area contributed by atoms with Gasteiger partial charge in [0.2, 0.25) is 0 Å². The third kappa shape index (κ3) is 1.51. The average molecular weight is 161 g/mol. The van der Waals surface area contributed by atoms with Crippen LogP contribution in [-0.4, -0.2) is 6.04 Å². The van der Waals surface area contributed by atoms with E-state index in [1.165, 1.54) is 18.4 Å². The van der Waals surface area contributed by atoms with Gasteiger partial charge in [-0.2, -0.15) is 0 Å². The van der Waals surface area contributed by atoms with Crippen molar-refractivity contribution in [2.75, 3.05) is 0 Å². The topological polar surface area (TPSA) is 12.0 Å². The second-order valence-electron chi connectivity index (χ2n) is 3.61. The van der Waals surface area contributed by atoms with E-state index in [4.69, 9.17) is 0 Å². The van der Waals surface area contributed by atoms with Crippen LogP contribution in [0.1, 0.15) is 31.4 Å². The zero-order valence-electron chi connectivity index (χ0n) is 7.46. The lowest BCUT2D eigenvalue weighted by atomic mass is 10.1. The fraction of sp³-hybridized carbons (Fsp3) is 0.455. The summed E-state index contributed by atoms with van der Waals surface area (Å²) in [5.74, 6) is 0. The Morgan fingerprint density at radius 1 is 1.17 bits per heavy atom. The molecule has 1 unspecified atom stereocenters. The number of hydrogen-bond acceptors (Lipinski definition) is 1. The van der Waals surface area contributed by atoms with E-state index in [9.17, 15) is 0 Å². The van der Waals surface area contributed by atoms with Crippen molar-refractivity contribution >= 4 is 0 Å². The maximum atomic E-state index is 3.57. The van der Waals surface area contributed by atoms with Gasteiger partial charge in [0.05, 0.1) is 0 Å². The summed E-state index contributed by atoms with van der Waals surface area (Å²) in [5, 5.41) is 3.57. The first-order valence-corrected chi connectivity index (χ1v) is 4.67. The molecule has 12 heavy (non-hydrogen) atoms. The maximum absolute atomic E-state index is 3.57. The Morgan fingerprint density at radius 2 is 1.92 bits per heavy atom. The van der Waals surface area contributed by atoms with Gasteiger partial charge < -0.3 is 5.32 Å². The molecule has 2 atom stereocenters. The molecule has 1 saturated heterocycles. The smallest absolute Gasteiger partial charge is 0.0323 e. The Morgan fingerprint density at radius 3 is 2.50 bits per heavy atom. The van der Waals surface area contributed by atoms with Crippen molar-refractivity contribution in [3.05, 3.63) is 35.9 Å². The molecule has 2 rings (SSSR count).